The Morgan fingerprint density at radius 1 is 1.11 bits per heavy atom. The molecule has 0 heterocycles. The average Bonchev–Trinajstić information content (AvgIpc) is 2.41. The number of aromatic hydroxyl groups is 1. The highest BCUT2D eigenvalue weighted by Crippen LogP contribution is 2.34. The molecule has 2 aromatic rings. The number of hydrogen-bond donors (Lipinski definition) is 1. The van der Waals surface area contributed by atoms with E-state index in [1.54, 1.807) is 6.07 Å². The number of phenols is 1. The predicted molar refractivity (Wildman–Crippen MR) is 67.8 cm³/mol. The summed E-state index contributed by atoms with van der Waals surface area (Å²) in [5.74, 6) is 0.976. The van der Waals surface area contributed by atoms with Gasteiger partial charge in [0, 0.05) is 0 Å². The number of methoxy groups -OCH3 is 1. The van der Waals surface area contributed by atoms with Gasteiger partial charge in [-0.1, -0.05) is 0 Å². The first-order chi connectivity index (χ1) is 9.10. The van der Waals surface area contributed by atoms with Gasteiger partial charge >= 0.3 is 5.69 Å². The highest BCUT2D eigenvalue weighted by molar-refractivity contribution is 5.52. The standard InChI is InChI=1S/C13H11NO5/c1-18-11-6-7-13(12(8-11)14(16)17)19-10-4-2-9(15)3-5-10/h2-8,15H,1H3. The summed E-state index contributed by atoms with van der Waals surface area (Å²) in [5.41, 5.74) is -0.188. The van der Waals surface area contributed by atoms with Crippen LogP contribution in [-0.2, 0) is 0 Å². The molecule has 0 bridgehead atoms. The zero-order chi connectivity index (χ0) is 13.8. The van der Waals surface area contributed by atoms with Crippen molar-refractivity contribution in [1.82, 2.24) is 0 Å². The van der Waals surface area contributed by atoms with E-state index in [0.29, 0.717) is 11.5 Å². The highest BCUT2D eigenvalue weighted by Gasteiger charge is 2.17. The van der Waals surface area contributed by atoms with Gasteiger partial charge in [0.15, 0.2) is 0 Å². The van der Waals surface area contributed by atoms with Gasteiger partial charge in [-0.25, -0.2) is 0 Å². The third kappa shape index (κ3) is 2.92. The fraction of sp³-hybridized carbons (Fsp3) is 0.0769. The molecule has 0 spiro atoms. The van der Waals surface area contributed by atoms with Gasteiger partial charge in [0.1, 0.15) is 17.2 Å². The van der Waals surface area contributed by atoms with E-state index in [9.17, 15) is 10.1 Å². The Labute approximate surface area is 109 Å². The summed E-state index contributed by atoms with van der Waals surface area (Å²) < 4.78 is 10.3. The lowest BCUT2D eigenvalue weighted by Gasteiger charge is -2.07. The van der Waals surface area contributed by atoms with Crippen LogP contribution in [0.25, 0.3) is 0 Å². The maximum Gasteiger partial charge on any atom is 0.315 e. The van der Waals surface area contributed by atoms with Gasteiger partial charge in [0.25, 0.3) is 0 Å². The third-order valence-electron chi connectivity index (χ3n) is 2.43. The number of rotatable bonds is 4. The van der Waals surface area contributed by atoms with Crippen LogP contribution >= 0.6 is 0 Å². The Kier molecular flexibility index (Phi) is 3.51. The maximum absolute atomic E-state index is 11.0. The van der Waals surface area contributed by atoms with Crippen LogP contribution in [0.15, 0.2) is 42.5 Å². The SMILES string of the molecule is COc1ccc(Oc2ccc(O)cc2)c([N+](=O)[O-])c1. The number of nitrogens with zero attached hydrogens (tertiary/aromatic N) is 1. The quantitative estimate of drug-likeness (QED) is 0.675. The molecule has 0 fully saturated rings. The molecule has 6 nitrogen and oxygen atoms in total. The number of phenolic OH excluding ortho intramolecular Hbond substituents is 1. The molecular weight excluding hydrogens is 250 g/mol. The Balaban J connectivity index is 2.33. The lowest BCUT2D eigenvalue weighted by atomic mass is 10.2. The van der Waals surface area contributed by atoms with Crippen LogP contribution in [-0.4, -0.2) is 17.1 Å². The molecule has 2 rings (SSSR count). The molecule has 2 aromatic carbocycles. The van der Waals surface area contributed by atoms with Crippen LogP contribution in [0.4, 0.5) is 5.69 Å². The third-order valence-corrected chi connectivity index (χ3v) is 2.43. The number of nitro benzene ring substituents is 1. The zero-order valence-corrected chi connectivity index (χ0v) is 10.1. The van der Waals surface area contributed by atoms with Crippen LogP contribution in [0.5, 0.6) is 23.0 Å². The molecule has 0 aromatic heterocycles. The van der Waals surface area contributed by atoms with Crippen molar-refractivity contribution in [2.75, 3.05) is 7.11 Å². The summed E-state index contributed by atoms with van der Waals surface area (Å²) in [6, 6.07) is 10.2. The Morgan fingerprint density at radius 2 is 1.74 bits per heavy atom. The number of nitro groups is 1. The lowest BCUT2D eigenvalue weighted by molar-refractivity contribution is -0.385. The number of benzene rings is 2. The zero-order valence-electron chi connectivity index (χ0n) is 10.1. The number of hydrogen-bond acceptors (Lipinski definition) is 5. The molecular formula is C13H11NO5. The van der Waals surface area contributed by atoms with E-state index in [4.69, 9.17) is 14.6 Å². The van der Waals surface area contributed by atoms with Crippen LogP contribution in [0.1, 0.15) is 0 Å². The molecule has 19 heavy (non-hydrogen) atoms. The van der Waals surface area contributed by atoms with Gasteiger partial charge in [0.2, 0.25) is 5.75 Å². The monoisotopic (exact) mass is 261 g/mol. The van der Waals surface area contributed by atoms with E-state index < -0.39 is 4.92 Å². The highest BCUT2D eigenvalue weighted by atomic mass is 16.6. The summed E-state index contributed by atoms with van der Waals surface area (Å²) in [7, 11) is 1.43. The summed E-state index contributed by atoms with van der Waals surface area (Å²) in [6.45, 7) is 0. The molecule has 0 saturated heterocycles. The van der Waals surface area contributed by atoms with Gasteiger partial charge in [-0.3, -0.25) is 10.1 Å². The molecule has 0 atom stereocenters. The van der Waals surface area contributed by atoms with Crippen LogP contribution in [0, 0.1) is 10.1 Å². The van der Waals surface area contributed by atoms with Crippen LogP contribution in [0.3, 0.4) is 0 Å². The van der Waals surface area contributed by atoms with E-state index >= 15 is 0 Å². The molecule has 0 radical (unpaired) electrons. The van der Waals surface area contributed by atoms with E-state index in [-0.39, 0.29) is 17.2 Å². The lowest BCUT2D eigenvalue weighted by Crippen LogP contribution is -1.94. The van der Waals surface area contributed by atoms with Crippen molar-refractivity contribution in [2.45, 2.75) is 0 Å². The van der Waals surface area contributed by atoms with E-state index in [1.807, 2.05) is 0 Å². The van der Waals surface area contributed by atoms with Crippen molar-refractivity contribution in [3.8, 4) is 23.0 Å². The van der Waals surface area contributed by atoms with E-state index in [0.717, 1.165) is 0 Å². The fourth-order valence-electron chi connectivity index (χ4n) is 1.49. The Hall–Kier alpha value is -2.76. The summed E-state index contributed by atoms with van der Waals surface area (Å²) >= 11 is 0. The van der Waals surface area contributed by atoms with E-state index in [1.165, 1.54) is 43.5 Å². The first-order valence-electron chi connectivity index (χ1n) is 5.39. The molecule has 0 aliphatic rings. The average molecular weight is 261 g/mol. The first-order valence-corrected chi connectivity index (χ1v) is 5.39. The minimum Gasteiger partial charge on any atom is -0.508 e. The molecule has 0 aliphatic carbocycles. The minimum atomic E-state index is -0.543. The first kappa shape index (κ1) is 12.7. The van der Waals surface area contributed by atoms with Crippen LogP contribution in [0.2, 0.25) is 0 Å². The molecule has 0 saturated carbocycles. The van der Waals surface area contributed by atoms with Crippen molar-refractivity contribution >= 4 is 5.69 Å². The van der Waals surface area contributed by atoms with Gasteiger partial charge in [-0.05, 0) is 36.4 Å². The van der Waals surface area contributed by atoms with Gasteiger partial charge in [-0.15, -0.1) is 0 Å². The minimum absolute atomic E-state index is 0.0941. The predicted octanol–water partition coefficient (Wildman–Crippen LogP) is 3.10. The van der Waals surface area contributed by atoms with Crippen LogP contribution < -0.4 is 9.47 Å². The molecule has 98 valence electrons. The van der Waals surface area contributed by atoms with Crippen molar-refractivity contribution in [2.24, 2.45) is 0 Å². The second-order valence-corrected chi connectivity index (χ2v) is 3.69. The second-order valence-electron chi connectivity index (χ2n) is 3.69. The van der Waals surface area contributed by atoms with Crippen molar-refractivity contribution in [1.29, 1.82) is 0 Å². The van der Waals surface area contributed by atoms with E-state index in [2.05, 4.69) is 0 Å². The van der Waals surface area contributed by atoms with Crippen molar-refractivity contribution in [3.63, 3.8) is 0 Å². The molecule has 6 heteroatoms. The maximum atomic E-state index is 11.0. The van der Waals surface area contributed by atoms with Gasteiger partial charge in [-0.2, -0.15) is 0 Å². The largest absolute Gasteiger partial charge is 0.508 e. The molecule has 0 aliphatic heterocycles. The van der Waals surface area contributed by atoms with Gasteiger partial charge < -0.3 is 14.6 Å². The topological polar surface area (TPSA) is 81.8 Å². The molecule has 0 amide bonds. The summed E-state index contributed by atoms with van der Waals surface area (Å²) in [5, 5.41) is 20.1. The summed E-state index contributed by atoms with van der Waals surface area (Å²) in [4.78, 5) is 10.4. The normalized spacial score (nSPS) is 9.95. The summed E-state index contributed by atoms with van der Waals surface area (Å²) in [6.07, 6.45) is 0. The van der Waals surface area contributed by atoms with Crippen molar-refractivity contribution < 1.29 is 19.5 Å². The number of ether oxygens (including phenoxy) is 2. The van der Waals surface area contributed by atoms with Crippen molar-refractivity contribution in [3.05, 3.63) is 52.6 Å². The fourth-order valence-corrected chi connectivity index (χ4v) is 1.49. The smallest absolute Gasteiger partial charge is 0.315 e. The van der Waals surface area contributed by atoms with Gasteiger partial charge in [0.05, 0.1) is 18.1 Å². The Bertz CT molecular complexity index is 594. The Morgan fingerprint density at radius 3 is 2.32 bits per heavy atom. The molecule has 1 N–H and O–H groups in total. The second kappa shape index (κ2) is 5.26. The molecule has 0 unspecified atom stereocenters.